The number of carbonyl (C=O) groups is 1. The lowest BCUT2D eigenvalue weighted by Crippen LogP contribution is -2.44. The molecule has 134 valence electrons. The number of nitrogens with two attached hydrogens (primary N) is 1. The molecule has 0 aliphatic heterocycles. The Morgan fingerprint density at radius 1 is 1.25 bits per heavy atom. The van der Waals surface area contributed by atoms with Gasteiger partial charge in [0.25, 0.3) is 0 Å². The Labute approximate surface area is 144 Å². The number of aliphatic hydroxyl groups excluding tert-OH is 2. The molecule has 1 fully saturated rings. The van der Waals surface area contributed by atoms with E-state index in [1.54, 1.807) is 0 Å². The first-order chi connectivity index (χ1) is 11.5. The second-order valence-electron chi connectivity index (χ2n) is 7.07. The fourth-order valence-corrected chi connectivity index (χ4v) is 3.23. The Bertz CT molecular complexity index is 501. The van der Waals surface area contributed by atoms with Crippen molar-refractivity contribution >= 4 is 5.91 Å². The molecule has 5 heteroatoms. The summed E-state index contributed by atoms with van der Waals surface area (Å²) >= 11 is 0. The van der Waals surface area contributed by atoms with Crippen molar-refractivity contribution < 1.29 is 15.0 Å². The average Bonchev–Trinajstić information content (AvgIpc) is 2.57. The van der Waals surface area contributed by atoms with Crippen LogP contribution in [0.25, 0.3) is 0 Å². The minimum absolute atomic E-state index is 0.0395. The minimum atomic E-state index is -0.709. The van der Waals surface area contributed by atoms with Crippen molar-refractivity contribution in [3.8, 4) is 0 Å². The number of hydrogen-bond acceptors (Lipinski definition) is 4. The van der Waals surface area contributed by atoms with Gasteiger partial charge < -0.3 is 21.3 Å². The predicted octanol–water partition coefficient (Wildman–Crippen LogP) is 1.36. The van der Waals surface area contributed by atoms with Gasteiger partial charge in [0.15, 0.2) is 0 Å². The van der Waals surface area contributed by atoms with Gasteiger partial charge in [0.05, 0.1) is 12.2 Å². The summed E-state index contributed by atoms with van der Waals surface area (Å²) in [4.78, 5) is 12.3. The number of rotatable bonds is 7. The van der Waals surface area contributed by atoms with Gasteiger partial charge in [-0.1, -0.05) is 37.3 Å². The second kappa shape index (κ2) is 9.16. The summed E-state index contributed by atoms with van der Waals surface area (Å²) in [6.45, 7) is 1.82. The van der Waals surface area contributed by atoms with Crippen LogP contribution in [0.1, 0.15) is 44.6 Å². The maximum absolute atomic E-state index is 12.3. The molecule has 0 heterocycles. The van der Waals surface area contributed by atoms with Crippen LogP contribution in [0.3, 0.4) is 0 Å². The zero-order valence-corrected chi connectivity index (χ0v) is 14.4. The molecule has 1 aromatic rings. The maximum Gasteiger partial charge on any atom is 0.223 e. The molecule has 1 aliphatic rings. The van der Waals surface area contributed by atoms with Gasteiger partial charge in [-0.05, 0) is 44.1 Å². The van der Waals surface area contributed by atoms with Gasteiger partial charge in [0.2, 0.25) is 5.91 Å². The number of amides is 1. The maximum atomic E-state index is 12.3. The Hall–Kier alpha value is -1.43. The van der Waals surface area contributed by atoms with E-state index < -0.39 is 6.10 Å². The van der Waals surface area contributed by atoms with Crippen LogP contribution in [0.2, 0.25) is 0 Å². The number of hydrogen-bond donors (Lipinski definition) is 4. The first-order valence-corrected chi connectivity index (χ1v) is 8.91. The number of carbonyl (C=O) groups excluding carboxylic acids is 1. The summed E-state index contributed by atoms with van der Waals surface area (Å²) in [6, 6.07) is 9.57. The van der Waals surface area contributed by atoms with E-state index in [-0.39, 0.29) is 30.0 Å². The lowest BCUT2D eigenvalue weighted by Gasteiger charge is -2.28. The van der Waals surface area contributed by atoms with E-state index in [4.69, 9.17) is 5.73 Å². The highest BCUT2D eigenvalue weighted by molar-refractivity contribution is 5.78. The van der Waals surface area contributed by atoms with Crippen LogP contribution in [0.15, 0.2) is 30.3 Å². The van der Waals surface area contributed by atoms with E-state index >= 15 is 0 Å². The smallest absolute Gasteiger partial charge is 0.223 e. The molecule has 5 nitrogen and oxygen atoms in total. The fraction of sp³-hybridized carbons (Fsp3) is 0.632. The lowest BCUT2D eigenvalue weighted by atomic mass is 9.91. The molecule has 0 saturated heterocycles. The molecule has 0 radical (unpaired) electrons. The van der Waals surface area contributed by atoms with E-state index in [2.05, 4.69) is 5.32 Å². The Morgan fingerprint density at radius 2 is 1.88 bits per heavy atom. The number of benzene rings is 1. The highest BCUT2D eigenvalue weighted by Crippen LogP contribution is 2.19. The summed E-state index contributed by atoms with van der Waals surface area (Å²) in [7, 11) is 0. The molecule has 3 atom stereocenters. The normalized spacial score (nSPS) is 24.8. The number of nitrogens with one attached hydrogen (secondary N) is 1. The van der Waals surface area contributed by atoms with Gasteiger partial charge in [-0.15, -0.1) is 0 Å². The third kappa shape index (κ3) is 5.89. The molecular formula is C19H30N2O3. The minimum Gasteiger partial charge on any atom is -0.393 e. The second-order valence-corrected chi connectivity index (χ2v) is 7.07. The van der Waals surface area contributed by atoms with Gasteiger partial charge in [0.1, 0.15) is 0 Å². The van der Waals surface area contributed by atoms with Crippen LogP contribution >= 0.6 is 0 Å². The van der Waals surface area contributed by atoms with Gasteiger partial charge in [-0.2, -0.15) is 0 Å². The fourth-order valence-electron chi connectivity index (χ4n) is 3.23. The highest BCUT2D eigenvalue weighted by atomic mass is 16.3. The first-order valence-electron chi connectivity index (χ1n) is 8.91. The summed E-state index contributed by atoms with van der Waals surface area (Å²) in [5.74, 6) is -0.323. The first kappa shape index (κ1) is 18.9. The van der Waals surface area contributed by atoms with E-state index in [1.165, 1.54) is 0 Å². The zero-order chi connectivity index (χ0) is 17.5. The third-order valence-corrected chi connectivity index (χ3v) is 4.89. The molecule has 1 saturated carbocycles. The SMILES string of the molecule is C[C@H](C[C@H](O)[C@@H](N)Cc1ccccc1)C(=O)NC1CCC(O)CC1. The zero-order valence-electron chi connectivity index (χ0n) is 14.4. The van der Waals surface area contributed by atoms with Crippen molar-refractivity contribution in [3.05, 3.63) is 35.9 Å². The Balaban J connectivity index is 1.75. The van der Waals surface area contributed by atoms with Crippen molar-refractivity contribution in [1.29, 1.82) is 0 Å². The van der Waals surface area contributed by atoms with Crippen molar-refractivity contribution in [2.75, 3.05) is 0 Å². The largest absolute Gasteiger partial charge is 0.393 e. The monoisotopic (exact) mass is 334 g/mol. The standard InChI is InChI=1S/C19H30N2O3/c1-13(19(24)21-15-7-9-16(22)10-8-15)11-18(23)17(20)12-14-5-3-2-4-6-14/h2-6,13,15-18,22-23H,7-12,20H2,1H3,(H,21,24)/t13-,15?,16?,17+,18+/m1/s1. The van der Waals surface area contributed by atoms with Gasteiger partial charge >= 0.3 is 0 Å². The van der Waals surface area contributed by atoms with E-state index in [0.717, 1.165) is 31.2 Å². The highest BCUT2D eigenvalue weighted by Gasteiger charge is 2.25. The topological polar surface area (TPSA) is 95.6 Å². The molecule has 0 unspecified atom stereocenters. The molecule has 1 aromatic carbocycles. The summed E-state index contributed by atoms with van der Waals surface area (Å²) in [6.07, 6.45) is 3.12. The van der Waals surface area contributed by atoms with E-state index in [1.807, 2.05) is 37.3 Å². The molecule has 0 aromatic heterocycles. The Kier molecular flexibility index (Phi) is 7.21. The summed E-state index contributed by atoms with van der Waals surface area (Å²) < 4.78 is 0. The summed E-state index contributed by atoms with van der Waals surface area (Å²) in [5, 5.41) is 22.8. The van der Waals surface area contributed by atoms with Crippen LogP contribution in [-0.2, 0) is 11.2 Å². The van der Waals surface area contributed by atoms with Crippen molar-refractivity contribution in [3.63, 3.8) is 0 Å². The summed E-state index contributed by atoms with van der Waals surface area (Å²) in [5.41, 5.74) is 7.17. The van der Waals surface area contributed by atoms with Gasteiger partial charge in [-0.3, -0.25) is 4.79 Å². The van der Waals surface area contributed by atoms with Crippen molar-refractivity contribution in [1.82, 2.24) is 5.32 Å². The third-order valence-electron chi connectivity index (χ3n) is 4.89. The molecule has 0 bridgehead atoms. The van der Waals surface area contributed by atoms with Crippen LogP contribution < -0.4 is 11.1 Å². The van der Waals surface area contributed by atoms with Crippen LogP contribution in [0.4, 0.5) is 0 Å². The van der Waals surface area contributed by atoms with Crippen LogP contribution in [-0.4, -0.2) is 40.4 Å². The van der Waals surface area contributed by atoms with E-state index in [0.29, 0.717) is 12.8 Å². The number of aliphatic hydroxyl groups is 2. The average molecular weight is 334 g/mol. The van der Waals surface area contributed by atoms with Crippen LogP contribution in [0, 0.1) is 5.92 Å². The molecule has 2 rings (SSSR count). The molecule has 5 N–H and O–H groups in total. The molecular weight excluding hydrogens is 304 g/mol. The predicted molar refractivity (Wildman–Crippen MR) is 94.3 cm³/mol. The van der Waals surface area contributed by atoms with E-state index in [9.17, 15) is 15.0 Å². The molecule has 24 heavy (non-hydrogen) atoms. The van der Waals surface area contributed by atoms with Gasteiger partial charge in [-0.25, -0.2) is 0 Å². The molecule has 1 amide bonds. The van der Waals surface area contributed by atoms with Crippen LogP contribution in [0.5, 0.6) is 0 Å². The quantitative estimate of drug-likeness (QED) is 0.605. The van der Waals surface area contributed by atoms with Gasteiger partial charge in [0, 0.05) is 18.0 Å². The lowest BCUT2D eigenvalue weighted by molar-refractivity contribution is -0.126. The molecule has 1 aliphatic carbocycles. The van der Waals surface area contributed by atoms with Crippen molar-refractivity contribution in [2.45, 2.75) is 69.7 Å². The molecule has 0 spiro atoms. The van der Waals surface area contributed by atoms with Crippen molar-refractivity contribution in [2.24, 2.45) is 11.7 Å². The Morgan fingerprint density at radius 3 is 2.50 bits per heavy atom.